The van der Waals surface area contributed by atoms with Gasteiger partial charge in [-0.15, -0.1) is 0 Å². The van der Waals surface area contributed by atoms with Gasteiger partial charge in [-0.1, -0.05) is 65.9 Å². The van der Waals surface area contributed by atoms with E-state index in [4.69, 9.17) is 0 Å². The summed E-state index contributed by atoms with van der Waals surface area (Å²) in [6.45, 7) is 10.9. The van der Waals surface area contributed by atoms with Crippen LogP contribution in [0.15, 0.2) is 0 Å². The van der Waals surface area contributed by atoms with Gasteiger partial charge in [-0.3, -0.25) is 0 Å². The third-order valence-electron chi connectivity index (χ3n) is 5.32. The molecule has 0 spiro atoms. The summed E-state index contributed by atoms with van der Waals surface area (Å²) in [6.07, 6.45) is 9.03. The molecule has 0 bridgehead atoms. The second-order valence-corrected chi connectivity index (χ2v) is 7.07. The predicted molar refractivity (Wildman–Crippen MR) is 65.1 cm³/mol. The first kappa shape index (κ1) is 10.6. The van der Waals surface area contributed by atoms with Gasteiger partial charge >= 0.3 is 0 Å². The lowest BCUT2D eigenvalue weighted by atomic mass is 9.41. The minimum absolute atomic E-state index is 0.571. The topological polar surface area (TPSA) is 0 Å². The van der Waals surface area contributed by atoms with Gasteiger partial charge in [0.25, 0.3) is 0 Å². The van der Waals surface area contributed by atoms with Crippen LogP contribution in [0.2, 0.25) is 19.0 Å². The second-order valence-electron chi connectivity index (χ2n) is 7.07. The van der Waals surface area contributed by atoms with Crippen LogP contribution in [0.1, 0.15) is 47.0 Å². The highest BCUT2D eigenvalue weighted by molar-refractivity contribution is 6.60. The van der Waals surface area contributed by atoms with E-state index in [2.05, 4.69) is 27.7 Å². The molecular weight excluding hydrogens is 167 g/mol. The van der Waals surface area contributed by atoms with Crippen molar-refractivity contribution in [2.75, 3.05) is 0 Å². The summed E-state index contributed by atoms with van der Waals surface area (Å²) < 4.78 is 0. The Morgan fingerprint density at radius 1 is 1.00 bits per heavy atom. The maximum absolute atomic E-state index is 2.47. The van der Waals surface area contributed by atoms with Crippen molar-refractivity contribution in [3.05, 3.63) is 0 Å². The first-order valence-electron chi connectivity index (χ1n) is 6.41. The molecule has 14 heavy (non-hydrogen) atoms. The van der Waals surface area contributed by atoms with E-state index < -0.39 is 0 Å². The molecule has 1 heterocycles. The zero-order chi connectivity index (χ0) is 10.4. The molecule has 0 amide bonds. The molecule has 0 nitrogen and oxygen atoms in total. The minimum Gasteiger partial charge on any atom is -0.0712 e. The van der Waals surface area contributed by atoms with Gasteiger partial charge < -0.3 is 0 Å². The van der Waals surface area contributed by atoms with E-state index in [9.17, 15) is 0 Å². The summed E-state index contributed by atoms with van der Waals surface area (Å²) >= 11 is 0. The van der Waals surface area contributed by atoms with Crippen LogP contribution in [0.4, 0.5) is 0 Å². The highest BCUT2D eigenvalue weighted by Crippen LogP contribution is 2.54. The Morgan fingerprint density at radius 2 is 1.50 bits per heavy atom. The molecule has 1 saturated heterocycles. The van der Waals surface area contributed by atoms with Gasteiger partial charge in [0.15, 0.2) is 0 Å². The molecule has 0 aromatic heterocycles. The summed E-state index contributed by atoms with van der Waals surface area (Å²) in [7, 11) is 0. The molecule has 80 valence electrons. The van der Waals surface area contributed by atoms with Crippen molar-refractivity contribution in [1.82, 2.24) is 0 Å². The van der Waals surface area contributed by atoms with E-state index in [-0.39, 0.29) is 0 Å². The van der Waals surface area contributed by atoms with Crippen LogP contribution in [-0.4, -0.2) is 6.71 Å². The third kappa shape index (κ3) is 1.75. The van der Waals surface area contributed by atoms with Crippen molar-refractivity contribution >= 4 is 6.71 Å². The summed E-state index contributed by atoms with van der Waals surface area (Å²) in [4.78, 5) is 0. The van der Waals surface area contributed by atoms with Gasteiger partial charge in [-0.25, -0.2) is 0 Å². The molecule has 0 radical (unpaired) electrons. The monoisotopic (exact) mass is 192 g/mol. The van der Waals surface area contributed by atoms with Crippen LogP contribution >= 0.6 is 0 Å². The van der Waals surface area contributed by atoms with Crippen LogP contribution in [0.25, 0.3) is 0 Å². The zero-order valence-corrected chi connectivity index (χ0v) is 10.4. The van der Waals surface area contributed by atoms with Crippen molar-refractivity contribution in [1.29, 1.82) is 0 Å². The van der Waals surface area contributed by atoms with Crippen molar-refractivity contribution in [3.63, 3.8) is 0 Å². The Labute approximate surface area is 89.9 Å². The van der Waals surface area contributed by atoms with Gasteiger partial charge in [-0.2, -0.15) is 0 Å². The fraction of sp³-hybridized carbons (Fsp3) is 1.00. The second kappa shape index (κ2) is 3.28. The predicted octanol–water partition coefficient (Wildman–Crippen LogP) is 4.35. The smallest absolute Gasteiger partial charge is 0.0712 e. The Kier molecular flexibility index (Phi) is 2.48. The zero-order valence-electron chi connectivity index (χ0n) is 10.4. The molecule has 1 aliphatic carbocycles. The van der Waals surface area contributed by atoms with Crippen molar-refractivity contribution in [2.24, 2.45) is 16.7 Å². The number of rotatable bonds is 2. The summed E-state index contributed by atoms with van der Waals surface area (Å²) in [5.74, 6) is 1.10. The van der Waals surface area contributed by atoms with Gasteiger partial charge in [0.05, 0.1) is 0 Å². The molecule has 0 aromatic rings. The Morgan fingerprint density at radius 3 is 1.86 bits per heavy atom. The quantitative estimate of drug-likeness (QED) is 0.570. The lowest BCUT2D eigenvalue weighted by Crippen LogP contribution is -2.24. The van der Waals surface area contributed by atoms with E-state index in [0.29, 0.717) is 10.8 Å². The highest BCUT2D eigenvalue weighted by atomic mass is 14.4. The van der Waals surface area contributed by atoms with Gasteiger partial charge in [0.1, 0.15) is 6.71 Å². The first-order chi connectivity index (χ1) is 6.41. The molecule has 2 fully saturated rings. The number of hydrogen-bond acceptors (Lipinski definition) is 0. The molecule has 0 N–H and O–H groups in total. The Balaban J connectivity index is 1.92. The van der Waals surface area contributed by atoms with Gasteiger partial charge in [0.2, 0.25) is 0 Å². The van der Waals surface area contributed by atoms with Crippen LogP contribution < -0.4 is 0 Å². The minimum atomic E-state index is 0.571. The Bertz CT molecular complexity index is 197. The highest BCUT2D eigenvalue weighted by Gasteiger charge is 2.47. The van der Waals surface area contributed by atoms with Gasteiger partial charge in [-0.05, 0) is 16.7 Å². The van der Waals surface area contributed by atoms with E-state index >= 15 is 0 Å². The molecule has 1 heteroatoms. The van der Waals surface area contributed by atoms with Crippen LogP contribution in [0, 0.1) is 16.7 Å². The van der Waals surface area contributed by atoms with E-state index in [0.717, 1.165) is 12.6 Å². The lowest BCUT2D eigenvalue weighted by Gasteiger charge is -2.35. The largest absolute Gasteiger partial charge is 0.141 e. The molecular formula is C13H25B. The molecule has 0 atom stereocenters. The maximum Gasteiger partial charge on any atom is 0.141 e. The van der Waals surface area contributed by atoms with Crippen molar-refractivity contribution in [3.8, 4) is 0 Å². The standard InChI is InChI=1S/C13H25B/c1-12(2)9-14(10-13(12,3)4)8-11-6-5-7-11/h11H,5-10H2,1-4H3. The molecule has 0 unspecified atom stereocenters. The molecule has 0 aromatic carbocycles. The number of hydrogen-bond donors (Lipinski definition) is 0. The van der Waals surface area contributed by atoms with Crippen LogP contribution in [0.5, 0.6) is 0 Å². The maximum atomic E-state index is 2.47. The first-order valence-corrected chi connectivity index (χ1v) is 6.41. The summed E-state index contributed by atoms with van der Waals surface area (Å²) in [5.41, 5.74) is 1.14. The molecule has 1 saturated carbocycles. The van der Waals surface area contributed by atoms with Crippen LogP contribution in [0.3, 0.4) is 0 Å². The summed E-state index contributed by atoms with van der Waals surface area (Å²) in [6, 6.07) is 0. The fourth-order valence-electron chi connectivity index (χ4n) is 3.43. The van der Waals surface area contributed by atoms with Gasteiger partial charge in [0, 0.05) is 0 Å². The van der Waals surface area contributed by atoms with Crippen molar-refractivity contribution < 1.29 is 0 Å². The molecule has 2 aliphatic rings. The van der Waals surface area contributed by atoms with Crippen molar-refractivity contribution in [2.45, 2.75) is 65.9 Å². The summed E-state index contributed by atoms with van der Waals surface area (Å²) in [5, 5.41) is 0. The fourth-order valence-corrected chi connectivity index (χ4v) is 3.43. The average molecular weight is 192 g/mol. The van der Waals surface area contributed by atoms with Crippen LogP contribution in [-0.2, 0) is 0 Å². The van der Waals surface area contributed by atoms with E-state index in [1.165, 1.54) is 38.2 Å². The normalized spacial score (nSPS) is 30.4. The van der Waals surface area contributed by atoms with E-state index in [1.807, 2.05) is 0 Å². The van der Waals surface area contributed by atoms with E-state index in [1.54, 1.807) is 0 Å². The third-order valence-corrected chi connectivity index (χ3v) is 5.32. The molecule has 1 aliphatic heterocycles. The Hall–Kier alpha value is 0.0649. The molecule has 2 rings (SSSR count). The lowest BCUT2D eigenvalue weighted by molar-refractivity contribution is 0.177. The average Bonchev–Trinajstić information content (AvgIpc) is 2.13. The SMILES string of the molecule is CC1(C)CB(CC2CCC2)CC1(C)C.